The molecule has 154 valence electrons. The lowest BCUT2D eigenvalue weighted by molar-refractivity contribution is -0.275. The molecule has 0 radical (unpaired) electrons. The summed E-state index contributed by atoms with van der Waals surface area (Å²) < 4.78 is 70.7. The van der Waals surface area contributed by atoms with E-state index in [1.165, 1.54) is 6.19 Å². The molecule has 0 spiro atoms. The summed E-state index contributed by atoms with van der Waals surface area (Å²) in [6.07, 6.45) is -3.73. The van der Waals surface area contributed by atoms with E-state index in [1.807, 2.05) is 0 Å². The minimum atomic E-state index is -5.25. The summed E-state index contributed by atoms with van der Waals surface area (Å²) in [5, 5.41) is 22.6. The molecule has 0 amide bonds. The van der Waals surface area contributed by atoms with Gasteiger partial charge in [-0.1, -0.05) is 0 Å². The van der Waals surface area contributed by atoms with Crippen LogP contribution in [0.4, 0.5) is 39.3 Å². The van der Waals surface area contributed by atoms with Crippen molar-refractivity contribution >= 4 is 23.3 Å². The molecule has 1 aromatic heterocycles. The van der Waals surface area contributed by atoms with Crippen LogP contribution in [-0.2, 0) is 0 Å². The number of halogens is 5. The fourth-order valence-corrected chi connectivity index (χ4v) is 2.79. The molecule has 0 aliphatic carbocycles. The van der Waals surface area contributed by atoms with E-state index in [1.54, 1.807) is 6.07 Å². The van der Waals surface area contributed by atoms with E-state index < -0.39 is 35.4 Å². The number of rotatable bonds is 2. The zero-order chi connectivity index (χ0) is 22.2. The third kappa shape index (κ3) is 3.53. The summed E-state index contributed by atoms with van der Waals surface area (Å²) in [5.74, 6) is -5.18. The molecule has 6 N–H and O–H groups in total. The molecule has 1 unspecified atom stereocenters. The molecule has 2 aromatic rings. The van der Waals surface area contributed by atoms with Crippen molar-refractivity contribution < 1.29 is 26.7 Å². The molecule has 0 bridgehead atoms. The second-order valence-corrected chi connectivity index (χ2v) is 5.72. The normalized spacial score (nSPS) is 15.2. The number of nitriles is 2. The average Bonchev–Trinajstić information content (AvgIpc) is 2.63. The molecule has 3 rings (SSSR count). The lowest BCUT2D eigenvalue weighted by Crippen LogP contribution is -2.33. The molecular formula is C16H9F5N8O. The minimum absolute atomic E-state index is 0.206. The molecule has 30 heavy (non-hydrogen) atoms. The van der Waals surface area contributed by atoms with Gasteiger partial charge in [0.2, 0.25) is 5.96 Å². The summed E-state index contributed by atoms with van der Waals surface area (Å²) in [4.78, 5) is 7.77. The van der Waals surface area contributed by atoms with Crippen molar-refractivity contribution in [3.8, 4) is 18.0 Å². The third-order valence-electron chi connectivity index (χ3n) is 3.95. The van der Waals surface area contributed by atoms with Crippen molar-refractivity contribution in [2.45, 2.75) is 12.4 Å². The van der Waals surface area contributed by atoms with Crippen molar-refractivity contribution in [3.63, 3.8) is 0 Å². The van der Waals surface area contributed by atoms with Gasteiger partial charge < -0.3 is 21.5 Å². The Hall–Kier alpha value is -4.33. The number of hydrogen-bond donors (Lipinski definition) is 4. The van der Waals surface area contributed by atoms with Crippen molar-refractivity contribution in [3.05, 3.63) is 40.5 Å². The van der Waals surface area contributed by atoms with E-state index in [2.05, 4.69) is 25.3 Å². The van der Waals surface area contributed by atoms with Crippen LogP contribution in [0.25, 0.3) is 0 Å². The summed E-state index contributed by atoms with van der Waals surface area (Å²) in [6.45, 7) is 0. The topological polar surface area (TPSA) is 158 Å². The SMILES string of the molecule is N#CNC1=NC(c2c(F)ccc(OC(F)(F)F)c2F)c2c(nc(N)c(C#N)c2N)N1. The number of fused-ring (bicyclic) bond motifs is 1. The maximum Gasteiger partial charge on any atom is 0.573 e. The van der Waals surface area contributed by atoms with Crippen LogP contribution in [-0.4, -0.2) is 17.3 Å². The number of nitrogens with one attached hydrogen (secondary N) is 2. The highest BCUT2D eigenvalue weighted by molar-refractivity contribution is 5.98. The van der Waals surface area contributed by atoms with Gasteiger partial charge in [-0.15, -0.1) is 13.2 Å². The van der Waals surface area contributed by atoms with Gasteiger partial charge >= 0.3 is 6.36 Å². The maximum absolute atomic E-state index is 14.9. The minimum Gasteiger partial charge on any atom is -0.403 e. The lowest BCUT2D eigenvalue weighted by atomic mass is 9.94. The van der Waals surface area contributed by atoms with Gasteiger partial charge in [-0.3, -0.25) is 5.32 Å². The number of nitrogens with two attached hydrogens (primary N) is 2. The molecule has 1 aromatic carbocycles. The van der Waals surface area contributed by atoms with Gasteiger partial charge in [0.05, 0.1) is 11.3 Å². The average molecular weight is 424 g/mol. The van der Waals surface area contributed by atoms with Gasteiger partial charge in [-0.25, -0.2) is 18.8 Å². The first-order valence-corrected chi connectivity index (χ1v) is 7.79. The molecule has 0 saturated heterocycles. The molecule has 0 fully saturated rings. The number of benzene rings is 1. The number of alkyl halides is 3. The molecule has 1 atom stereocenters. The first-order chi connectivity index (χ1) is 14.1. The zero-order valence-electron chi connectivity index (χ0n) is 14.5. The highest BCUT2D eigenvalue weighted by Crippen LogP contribution is 2.43. The van der Waals surface area contributed by atoms with Gasteiger partial charge in [0.25, 0.3) is 0 Å². The lowest BCUT2D eigenvalue weighted by Gasteiger charge is -2.27. The van der Waals surface area contributed by atoms with Crippen LogP contribution in [0.2, 0.25) is 0 Å². The number of aliphatic imine (C=N–C) groups is 1. The Balaban J connectivity index is 2.30. The van der Waals surface area contributed by atoms with E-state index in [0.29, 0.717) is 12.1 Å². The van der Waals surface area contributed by atoms with Gasteiger partial charge in [0.1, 0.15) is 35.1 Å². The number of guanidine groups is 1. The van der Waals surface area contributed by atoms with Crippen molar-refractivity contribution in [2.75, 3.05) is 16.8 Å². The van der Waals surface area contributed by atoms with E-state index in [4.69, 9.17) is 16.7 Å². The Bertz CT molecular complexity index is 1150. The van der Waals surface area contributed by atoms with Gasteiger partial charge in [0, 0.05) is 5.56 Å². The Morgan fingerprint density at radius 3 is 2.47 bits per heavy atom. The van der Waals surface area contributed by atoms with Gasteiger partial charge in [-0.05, 0) is 12.1 Å². The number of hydrogen-bond acceptors (Lipinski definition) is 9. The van der Waals surface area contributed by atoms with Crippen molar-refractivity contribution in [2.24, 2.45) is 4.99 Å². The fraction of sp³-hybridized carbons (Fsp3) is 0.125. The van der Waals surface area contributed by atoms with Crippen LogP contribution in [0, 0.1) is 34.4 Å². The Labute approximate surface area is 164 Å². The van der Waals surface area contributed by atoms with Crippen molar-refractivity contribution in [1.82, 2.24) is 10.3 Å². The number of nitrogens with zero attached hydrogens (tertiary/aromatic N) is 4. The second-order valence-electron chi connectivity index (χ2n) is 5.72. The van der Waals surface area contributed by atoms with Crippen LogP contribution >= 0.6 is 0 Å². The molecule has 2 heterocycles. The van der Waals surface area contributed by atoms with Gasteiger partial charge in [0.15, 0.2) is 17.8 Å². The summed E-state index contributed by atoms with van der Waals surface area (Å²) in [7, 11) is 0. The van der Waals surface area contributed by atoms with E-state index in [0.717, 1.165) is 0 Å². The first kappa shape index (κ1) is 20.4. The van der Waals surface area contributed by atoms with Crippen LogP contribution in [0.3, 0.4) is 0 Å². The fourth-order valence-electron chi connectivity index (χ4n) is 2.79. The summed E-state index contributed by atoms with van der Waals surface area (Å²) >= 11 is 0. The van der Waals surface area contributed by atoms with Crippen molar-refractivity contribution in [1.29, 1.82) is 10.5 Å². The third-order valence-corrected chi connectivity index (χ3v) is 3.95. The van der Waals surface area contributed by atoms with Crippen LogP contribution in [0.15, 0.2) is 17.1 Å². The quantitative estimate of drug-likeness (QED) is 0.325. The summed E-state index contributed by atoms with van der Waals surface area (Å²) in [5.41, 5.74) is 9.67. The molecule has 14 heteroatoms. The number of pyridine rings is 1. The van der Waals surface area contributed by atoms with E-state index in [9.17, 15) is 27.2 Å². The molecule has 1 aliphatic rings. The molecule has 0 saturated carbocycles. The predicted octanol–water partition coefficient (Wildman–Crippen LogP) is 2.24. The van der Waals surface area contributed by atoms with Crippen LogP contribution < -0.4 is 26.8 Å². The van der Waals surface area contributed by atoms with Crippen LogP contribution in [0.1, 0.15) is 22.7 Å². The molecule has 9 nitrogen and oxygen atoms in total. The number of anilines is 3. The standard InChI is InChI=1S/C16H9F5N8O/c17-6-1-2-7(30-16(19,20)21)10(18)8(6)12-9-11(24)5(3-22)13(25)28-14(9)29-15(27-12)26-4-23/h1-2,12H,(H6,24,25,26,27,28,29). The zero-order valence-corrected chi connectivity index (χ0v) is 14.5. The largest absolute Gasteiger partial charge is 0.573 e. The Kier molecular flexibility index (Phi) is 4.93. The highest BCUT2D eigenvalue weighted by Gasteiger charge is 2.37. The number of nitrogen functional groups attached to an aromatic ring is 2. The number of aromatic nitrogens is 1. The van der Waals surface area contributed by atoms with Gasteiger partial charge in [-0.2, -0.15) is 10.5 Å². The number of ether oxygens (including phenoxy) is 1. The highest BCUT2D eigenvalue weighted by atomic mass is 19.4. The first-order valence-electron chi connectivity index (χ1n) is 7.79. The monoisotopic (exact) mass is 424 g/mol. The predicted molar refractivity (Wildman–Crippen MR) is 92.5 cm³/mol. The maximum atomic E-state index is 14.9. The van der Waals surface area contributed by atoms with E-state index in [-0.39, 0.29) is 34.4 Å². The molecular weight excluding hydrogens is 415 g/mol. The van der Waals surface area contributed by atoms with Crippen LogP contribution in [0.5, 0.6) is 5.75 Å². The smallest absolute Gasteiger partial charge is 0.403 e. The molecule has 1 aliphatic heterocycles. The Morgan fingerprint density at radius 2 is 1.87 bits per heavy atom. The summed E-state index contributed by atoms with van der Waals surface area (Å²) in [6, 6.07) is 0.942. The van der Waals surface area contributed by atoms with E-state index >= 15 is 0 Å². The Morgan fingerprint density at radius 1 is 1.17 bits per heavy atom. The second kappa shape index (κ2) is 7.25.